The van der Waals surface area contributed by atoms with Crippen LogP contribution < -0.4 is 36.8 Å². The lowest BCUT2D eigenvalue weighted by molar-refractivity contribution is 0.361. The number of hydrogen-bond acceptors (Lipinski definition) is 12. The maximum Gasteiger partial charge on any atom is 0.332 e. The van der Waals surface area contributed by atoms with Crippen molar-refractivity contribution in [3.8, 4) is 17.5 Å². The Labute approximate surface area is 317 Å². The normalized spacial score (nSPS) is 11.2. The molecule has 17 heteroatoms. The monoisotopic (exact) mass is 763 g/mol. The fraction of sp³-hybridized carbons (Fsp3) is 0.108. The van der Waals surface area contributed by atoms with Crippen LogP contribution in [-0.2, 0) is 20.6 Å². The van der Waals surface area contributed by atoms with Gasteiger partial charge in [-0.05, 0) is 65.7 Å². The molecule has 54 heavy (non-hydrogen) atoms. The first-order valence-electron chi connectivity index (χ1n) is 16.3. The largest absolute Gasteiger partial charge is 0.493 e. The highest BCUT2D eigenvalue weighted by Gasteiger charge is 2.22. The second-order valence-electron chi connectivity index (χ2n) is 11.8. The molecule has 0 saturated heterocycles. The number of imidazole rings is 1. The lowest BCUT2D eigenvalue weighted by atomic mass is 10.2. The molecule has 0 amide bonds. The maximum atomic E-state index is 13.4. The third-order valence-electron chi connectivity index (χ3n) is 8.12. The van der Waals surface area contributed by atoms with Crippen LogP contribution >= 0.6 is 23.2 Å². The summed E-state index contributed by atoms with van der Waals surface area (Å²) in [7, 11) is 4.42. The molecule has 0 aliphatic rings. The zero-order valence-corrected chi connectivity index (χ0v) is 30.5. The van der Waals surface area contributed by atoms with Crippen molar-refractivity contribution >= 4 is 69.8 Å². The molecule has 0 unspecified atom stereocenters. The molecule has 0 aliphatic carbocycles. The van der Waals surface area contributed by atoms with E-state index >= 15 is 0 Å². The average molecular weight is 765 g/mol. The third-order valence-corrected chi connectivity index (χ3v) is 8.71. The number of anilines is 5. The fourth-order valence-corrected chi connectivity index (χ4v) is 5.89. The van der Waals surface area contributed by atoms with Crippen LogP contribution in [0.2, 0.25) is 10.0 Å². The van der Waals surface area contributed by atoms with E-state index in [1.165, 1.54) is 25.8 Å². The van der Waals surface area contributed by atoms with Crippen LogP contribution in [0.25, 0.3) is 11.2 Å². The van der Waals surface area contributed by atoms with Crippen molar-refractivity contribution in [3.05, 3.63) is 139 Å². The topological polar surface area (TPSA) is 167 Å². The number of para-hydroxylation sites is 2. The predicted molar refractivity (Wildman–Crippen MR) is 209 cm³/mol. The zero-order valence-electron chi connectivity index (χ0n) is 29.0. The summed E-state index contributed by atoms with van der Waals surface area (Å²) in [6.45, 7) is 0.0935. The molecule has 7 aromatic rings. The van der Waals surface area contributed by atoms with E-state index < -0.39 is 11.2 Å². The Hall–Kier alpha value is -6.71. The smallest absolute Gasteiger partial charge is 0.332 e. The lowest BCUT2D eigenvalue weighted by Crippen LogP contribution is -2.37. The van der Waals surface area contributed by atoms with Crippen LogP contribution in [0, 0.1) is 0 Å². The zero-order chi connectivity index (χ0) is 37.8. The predicted octanol–water partition coefficient (Wildman–Crippen LogP) is 6.71. The molecule has 7 rings (SSSR count). The van der Waals surface area contributed by atoms with Gasteiger partial charge < -0.3 is 20.1 Å². The number of hydrogen-bond donors (Lipinski definition) is 3. The molecule has 0 saturated carbocycles. The summed E-state index contributed by atoms with van der Waals surface area (Å²) in [5.41, 5.74) is 4.97. The highest BCUT2D eigenvalue weighted by molar-refractivity contribution is 6.35. The van der Waals surface area contributed by atoms with E-state index in [4.69, 9.17) is 32.7 Å². The van der Waals surface area contributed by atoms with Gasteiger partial charge in [-0.3, -0.25) is 18.5 Å². The number of nitrogens with zero attached hydrogens (tertiary/aromatic N) is 8. The molecule has 0 aliphatic heterocycles. The van der Waals surface area contributed by atoms with Crippen LogP contribution in [0.4, 0.5) is 29.2 Å². The molecule has 3 aromatic heterocycles. The molecule has 3 N–H and O–H groups in total. The number of aryl methyl sites for hydroxylation is 1. The van der Waals surface area contributed by atoms with Gasteiger partial charge >= 0.3 is 11.7 Å². The number of rotatable bonds is 12. The van der Waals surface area contributed by atoms with Crippen LogP contribution in [0.3, 0.4) is 0 Å². The summed E-state index contributed by atoms with van der Waals surface area (Å²) < 4.78 is 15.8. The van der Waals surface area contributed by atoms with Gasteiger partial charge in [-0.1, -0.05) is 65.7 Å². The minimum Gasteiger partial charge on any atom is -0.493 e. The minimum atomic E-state index is -0.546. The molecule has 15 nitrogen and oxygen atoms in total. The molecule has 0 spiro atoms. The number of fused-ring (bicyclic) bond motifs is 1. The summed E-state index contributed by atoms with van der Waals surface area (Å²) in [5.74, 6) is 1.42. The number of methoxy groups -OCH3 is 1. The summed E-state index contributed by atoms with van der Waals surface area (Å²) in [5, 5.41) is 11.6. The summed E-state index contributed by atoms with van der Waals surface area (Å²) in [6, 6.07) is 29.2. The molecule has 3 heterocycles. The van der Waals surface area contributed by atoms with E-state index in [0.29, 0.717) is 38.8 Å². The second kappa shape index (κ2) is 15.5. The Balaban J connectivity index is 1.16. The van der Waals surface area contributed by atoms with E-state index in [2.05, 4.69) is 41.1 Å². The molecule has 0 fully saturated rings. The van der Waals surface area contributed by atoms with Crippen molar-refractivity contribution in [2.24, 2.45) is 19.2 Å². The quantitative estimate of drug-likeness (QED) is 0.0894. The maximum absolute atomic E-state index is 13.4. The van der Waals surface area contributed by atoms with E-state index in [1.807, 2.05) is 60.7 Å². The number of benzene rings is 4. The molecule has 272 valence electrons. The Morgan fingerprint density at radius 2 is 1.41 bits per heavy atom. The van der Waals surface area contributed by atoms with E-state index in [1.54, 1.807) is 47.2 Å². The van der Waals surface area contributed by atoms with Crippen molar-refractivity contribution in [3.63, 3.8) is 0 Å². The average Bonchev–Trinajstić information content (AvgIpc) is 3.53. The highest BCUT2D eigenvalue weighted by atomic mass is 35.5. The first kappa shape index (κ1) is 35.7. The van der Waals surface area contributed by atoms with Crippen LogP contribution in [0.15, 0.2) is 112 Å². The lowest BCUT2D eigenvalue weighted by Gasteiger charge is -2.13. The van der Waals surface area contributed by atoms with E-state index in [-0.39, 0.29) is 35.4 Å². The number of ether oxygens (including phenoxy) is 2. The van der Waals surface area contributed by atoms with Crippen molar-refractivity contribution < 1.29 is 9.47 Å². The van der Waals surface area contributed by atoms with Crippen LogP contribution in [-0.4, -0.2) is 47.0 Å². The van der Waals surface area contributed by atoms with Gasteiger partial charge in [-0.15, -0.1) is 0 Å². The first-order valence-corrected chi connectivity index (χ1v) is 17.1. The first-order chi connectivity index (χ1) is 26.2. The minimum absolute atomic E-state index is 0.0327. The number of aromatic nitrogens is 7. The summed E-state index contributed by atoms with van der Waals surface area (Å²) in [4.78, 5) is 44.2. The Morgan fingerprint density at radius 1 is 0.759 bits per heavy atom. The van der Waals surface area contributed by atoms with Gasteiger partial charge in [0.15, 0.2) is 22.7 Å². The van der Waals surface area contributed by atoms with Gasteiger partial charge in [0.2, 0.25) is 17.8 Å². The van der Waals surface area contributed by atoms with E-state index in [0.717, 1.165) is 15.9 Å². The molecule has 4 aromatic carbocycles. The Morgan fingerprint density at radius 3 is 2.04 bits per heavy atom. The van der Waals surface area contributed by atoms with Crippen molar-refractivity contribution in [2.45, 2.75) is 6.54 Å². The van der Waals surface area contributed by atoms with Gasteiger partial charge in [0.1, 0.15) is 0 Å². The Bertz CT molecular complexity index is 2570. The van der Waals surface area contributed by atoms with Gasteiger partial charge in [0.25, 0.3) is 5.56 Å². The summed E-state index contributed by atoms with van der Waals surface area (Å²) >= 11 is 12.6. The molecule has 0 bridgehead atoms. The second-order valence-corrected chi connectivity index (χ2v) is 12.6. The van der Waals surface area contributed by atoms with Gasteiger partial charge in [0.05, 0.1) is 19.9 Å². The number of hydrazone groups is 1. The van der Waals surface area contributed by atoms with Crippen molar-refractivity contribution in [1.82, 2.24) is 33.6 Å². The van der Waals surface area contributed by atoms with E-state index in [9.17, 15) is 9.59 Å². The van der Waals surface area contributed by atoms with Gasteiger partial charge in [-0.2, -0.15) is 25.0 Å². The Kier molecular flexibility index (Phi) is 10.2. The molecular formula is C37H31Cl2N11O4. The SMILES string of the molecule is COc1cc(/C=N\Nc2nc(Nc3ccccc3)nc(Nc3ccccc3)n2)ccc1Oc1nc2c(c(=O)n(C)c(=O)n2C)n1Cc1ccc(Cl)cc1Cl. The third kappa shape index (κ3) is 7.72. The highest BCUT2D eigenvalue weighted by Crippen LogP contribution is 2.34. The van der Waals surface area contributed by atoms with Gasteiger partial charge in [0, 0.05) is 35.5 Å². The fourth-order valence-electron chi connectivity index (χ4n) is 5.42. The standard InChI is InChI=1S/C37H31Cl2N11O4/c1-48-31-30(32(51)49(2)37(48)52)50(21-23-15-16-24(38)19-27(23)39)36(43-31)54-28-17-14-22(18-29(28)53-3)20-40-47-35-45-33(41-25-10-6-4-7-11-25)44-34(46-35)42-26-12-8-5-9-13-26/h4-20H,21H2,1-3H3,(H3,41,42,44,45,46,47)/b40-20-. The molecule has 0 atom stereocenters. The van der Waals surface area contributed by atoms with Crippen molar-refractivity contribution in [1.29, 1.82) is 0 Å². The van der Waals surface area contributed by atoms with Crippen molar-refractivity contribution in [2.75, 3.05) is 23.2 Å². The van der Waals surface area contributed by atoms with Gasteiger partial charge in [-0.25, -0.2) is 10.2 Å². The number of nitrogens with one attached hydrogen (secondary N) is 3. The summed E-state index contributed by atoms with van der Waals surface area (Å²) in [6.07, 6.45) is 1.56. The number of halogens is 2. The van der Waals surface area contributed by atoms with Crippen LogP contribution in [0.1, 0.15) is 11.1 Å². The molecule has 0 radical (unpaired) electrons. The molecular weight excluding hydrogens is 733 g/mol. The van der Waals surface area contributed by atoms with Crippen LogP contribution in [0.5, 0.6) is 17.5 Å².